The lowest BCUT2D eigenvalue weighted by Crippen LogP contribution is -3.11. The Kier molecular flexibility index (Phi) is 4.18. The SMILES string of the molecule is Cc1cc(NC(=O)C[NH+]2CCCC2)ccc1Br. The predicted octanol–water partition coefficient (Wildman–Crippen LogP) is 1.37. The van der Waals surface area contributed by atoms with Crippen LogP contribution in [0.25, 0.3) is 0 Å². The molecule has 0 aromatic heterocycles. The minimum Gasteiger partial charge on any atom is -0.327 e. The van der Waals surface area contributed by atoms with E-state index in [2.05, 4.69) is 21.2 Å². The molecule has 1 saturated heterocycles. The van der Waals surface area contributed by atoms with Gasteiger partial charge in [-0.2, -0.15) is 0 Å². The number of nitrogens with one attached hydrogen (secondary N) is 2. The number of rotatable bonds is 3. The van der Waals surface area contributed by atoms with Gasteiger partial charge in [-0.25, -0.2) is 0 Å². The van der Waals surface area contributed by atoms with Crippen LogP contribution < -0.4 is 10.2 Å². The van der Waals surface area contributed by atoms with Crippen LogP contribution in [0.2, 0.25) is 0 Å². The predicted molar refractivity (Wildman–Crippen MR) is 72.3 cm³/mol. The number of likely N-dealkylation sites (tertiary alicyclic amines) is 1. The fourth-order valence-electron chi connectivity index (χ4n) is 2.21. The zero-order chi connectivity index (χ0) is 12.3. The molecule has 0 radical (unpaired) electrons. The van der Waals surface area contributed by atoms with Crippen LogP contribution in [-0.2, 0) is 4.79 Å². The van der Waals surface area contributed by atoms with Gasteiger partial charge in [0.2, 0.25) is 0 Å². The Morgan fingerprint density at radius 2 is 2.12 bits per heavy atom. The zero-order valence-electron chi connectivity index (χ0n) is 10.1. The number of amides is 1. The highest BCUT2D eigenvalue weighted by Gasteiger charge is 2.18. The molecule has 0 unspecified atom stereocenters. The van der Waals surface area contributed by atoms with Crippen molar-refractivity contribution in [1.82, 2.24) is 0 Å². The van der Waals surface area contributed by atoms with Crippen molar-refractivity contribution in [3.63, 3.8) is 0 Å². The first kappa shape index (κ1) is 12.6. The Morgan fingerprint density at radius 1 is 1.41 bits per heavy atom. The molecular formula is C13H18BrN2O+. The van der Waals surface area contributed by atoms with Crippen LogP contribution in [0.1, 0.15) is 18.4 Å². The molecule has 1 aromatic rings. The second-order valence-electron chi connectivity index (χ2n) is 4.65. The van der Waals surface area contributed by atoms with Crippen molar-refractivity contribution >= 4 is 27.5 Å². The second-order valence-corrected chi connectivity index (χ2v) is 5.50. The summed E-state index contributed by atoms with van der Waals surface area (Å²) in [5.41, 5.74) is 2.02. The van der Waals surface area contributed by atoms with E-state index in [1.54, 1.807) is 0 Å². The number of hydrogen-bond donors (Lipinski definition) is 2. The van der Waals surface area contributed by atoms with Crippen LogP contribution in [-0.4, -0.2) is 25.5 Å². The van der Waals surface area contributed by atoms with E-state index < -0.39 is 0 Å². The molecule has 1 fully saturated rings. The molecule has 0 saturated carbocycles. The van der Waals surface area contributed by atoms with Crippen molar-refractivity contribution in [2.24, 2.45) is 0 Å². The first-order valence-electron chi connectivity index (χ1n) is 6.05. The monoisotopic (exact) mass is 297 g/mol. The third-order valence-corrected chi connectivity index (χ3v) is 4.05. The van der Waals surface area contributed by atoms with Crippen molar-refractivity contribution in [3.05, 3.63) is 28.2 Å². The van der Waals surface area contributed by atoms with Crippen molar-refractivity contribution in [2.45, 2.75) is 19.8 Å². The molecule has 92 valence electrons. The topological polar surface area (TPSA) is 33.5 Å². The van der Waals surface area contributed by atoms with Crippen molar-refractivity contribution in [1.29, 1.82) is 0 Å². The third-order valence-electron chi connectivity index (χ3n) is 3.16. The van der Waals surface area contributed by atoms with E-state index in [9.17, 15) is 4.79 Å². The number of carbonyl (C=O) groups excluding carboxylic acids is 1. The van der Waals surface area contributed by atoms with Crippen molar-refractivity contribution in [2.75, 3.05) is 25.0 Å². The van der Waals surface area contributed by atoms with Gasteiger partial charge in [-0.1, -0.05) is 15.9 Å². The first-order chi connectivity index (χ1) is 8.15. The minimum atomic E-state index is 0.114. The van der Waals surface area contributed by atoms with E-state index in [1.165, 1.54) is 17.7 Å². The maximum Gasteiger partial charge on any atom is 0.279 e. The normalized spacial score (nSPS) is 16.1. The standard InChI is InChI=1S/C13H17BrN2O/c1-10-8-11(4-5-12(10)14)15-13(17)9-16-6-2-3-7-16/h4-5,8H,2-3,6-7,9H2,1H3,(H,15,17)/p+1. The smallest absolute Gasteiger partial charge is 0.279 e. The summed E-state index contributed by atoms with van der Waals surface area (Å²) in [5.74, 6) is 0.114. The lowest BCUT2D eigenvalue weighted by Gasteiger charge is -2.12. The number of aryl methyl sites for hydroxylation is 1. The highest BCUT2D eigenvalue weighted by atomic mass is 79.9. The van der Waals surface area contributed by atoms with Gasteiger partial charge in [-0.15, -0.1) is 0 Å². The molecular weight excluding hydrogens is 280 g/mol. The van der Waals surface area contributed by atoms with E-state index in [0.29, 0.717) is 6.54 Å². The Hall–Kier alpha value is -0.870. The van der Waals surface area contributed by atoms with Gasteiger partial charge < -0.3 is 10.2 Å². The quantitative estimate of drug-likeness (QED) is 0.868. The Bertz CT molecular complexity index is 414. The highest BCUT2D eigenvalue weighted by Crippen LogP contribution is 2.19. The molecule has 1 aliphatic rings. The van der Waals surface area contributed by atoms with E-state index in [1.807, 2.05) is 25.1 Å². The maximum atomic E-state index is 11.8. The van der Waals surface area contributed by atoms with Gasteiger partial charge in [-0.3, -0.25) is 4.79 Å². The molecule has 2 rings (SSSR count). The Balaban J connectivity index is 1.90. The molecule has 0 aliphatic carbocycles. The van der Waals surface area contributed by atoms with Crippen LogP contribution in [0.4, 0.5) is 5.69 Å². The molecule has 3 nitrogen and oxygen atoms in total. The van der Waals surface area contributed by atoms with Crippen molar-refractivity contribution in [3.8, 4) is 0 Å². The van der Waals surface area contributed by atoms with Gasteiger partial charge in [0.25, 0.3) is 5.91 Å². The summed E-state index contributed by atoms with van der Waals surface area (Å²) in [7, 11) is 0. The molecule has 0 bridgehead atoms. The molecule has 1 amide bonds. The van der Waals surface area contributed by atoms with Crippen LogP contribution in [0.3, 0.4) is 0 Å². The highest BCUT2D eigenvalue weighted by molar-refractivity contribution is 9.10. The van der Waals surface area contributed by atoms with Crippen LogP contribution >= 0.6 is 15.9 Å². The van der Waals surface area contributed by atoms with Crippen molar-refractivity contribution < 1.29 is 9.69 Å². The second kappa shape index (κ2) is 5.65. The lowest BCUT2D eigenvalue weighted by atomic mass is 10.2. The average Bonchev–Trinajstić information content (AvgIpc) is 2.76. The number of halogens is 1. The van der Waals surface area contributed by atoms with Gasteiger partial charge in [0.1, 0.15) is 0 Å². The summed E-state index contributed by atoms with van der Waals surface area (Å²) in [6.45, 7) is 4.88. The molecule has 0 atom stereocenters. The molecule has 1 aromatic carbocycles. The summed E-state index contributed by atoms with van der Waals surface area (Å²) in [5, 5.41) is 2.96. The number of hydrogen-bond acceptors (Lipinski definition) is 1. The number of carbonyl (C=O) groups is 1. The number of quaternary nitrogens is 1. The third kappa shape index (κ3) is 3.54. The van der Waals surface area contributed by atoms with Gasteiger partial charge in [0, 0.05) is 23.0 Å². The maximum absolute atomic E-state index is 11.8. The molecule has 4 heteroatoms. The summed E-state index contributed by atoms with van der Waals surface area (Å²) >= 11 is 3.45. The molecule has 1 heterocycles. The van der Waals surface area contributed by atoms with E-state index >= 15 is 0 Å². The summed E-state index contributed by atoms with van der Waals surface area (Å²) in [6, 6.07) is 5.88. The number of benzene rings is 1. The van der Waals surface area contributed by atoms with Crippen LogP contribution in [0, 0.1) is 6.92 Å². The van der Waals surface area contributed by atoms with Gasteiger partial charge in [-0.05, 0) is 30.7 Å². The summed E-state index contributed by atoms with van der Waals surface area (Å²) in [6.07, 6.45) is 2.50. The zero-order valence-corrected chi connectivity index (χ0v) is 11.6. The summed E-state index contributed by atoms with van der Waals surface area (Å²) in [4.78, 5) is 13.2. The average molecular weight is 298 g/mol. The fourth-order valence-corrected chi connectivity index (χ4v) is 2.45. The molecule has 1 aliphatic heterocycles. The van der Waals surface area contributed by atoms with E-state index in [-0.39, 0.29) is 5.91 Å². The largest absolute Gasteiger partial charge is 0.327 e. The van der Waals surface area contributed by atoms with Crippen LogP contribution in [0.15, 0.2) is 22.7 Å². The Labute approximate surface area is 110 Å². The van der Waals surface area contributed by atoms with Gasteiger partial charge in [0.05, 0.1) is 13.1 Å². The number of anilines is 1. The van der Waals surface area contributed by atoms with Crippen LogP contribution in [0.5, 0.6) is 0 Å². The Morgan fingerprint density at radius 3 is 2.76 bits per heavy atom. The lowest BCUT2D eigenvalue weighted by molar-refractivity contribution is -0.878. The molecule has 17 heavy (non-hydrogen) atoms. The van der Waals surface area contributed by atoms with Gasteiger partial charge in [0.15, 0.2) is 6.54 Å². The molecule has 2 N–H and O–H groups in total. The van der Waals surface area contributed by atoms with E-state index in [4.69, 9.17) is 0 Å². The van der Waals surface area contributed by atoms with E-state index in [0.717, 1.165) is 28.8 Å². The minimum absolute atomic E-state index is 0.114. The first-order valence-corrected chi connectivity index (χ1v) is 6.84. The fraction of sp³-hybridized carbons (Fsp3) is 0.462. The molecule has 0 spiro atoms. The van der Waals surface area contributed by atoms with Gasteiger partial charge >= 0.3 is 0 Å². The summed E-state index contributed by atoms with van der Waals surface area (Å²) < 4.78 is 1.07.